The second-order valence-corrected chi connectivity index (χ2v) is 14.5. The molecule has 1 aliphatic carbocycles. The van der Waals surface area contributed by atoms with E-state index < -0.39 is 94.3 Å². The first-order valence-electron chi connectivity index (χ1n) is 20.8. The fraction of sp³-hybridized carbons (Fsp3) is 0.298. The minimum atomic E-state index is -1.33. The average Bonchev–Trinajstić information content (AvgIpc) is 3.28. The number of fused-ring (bicyclic) bond motifs is 2. The van der Waals surface area contributed by atoms with Crippen molar-refractivity contribution in [2.45, 2.75) is 27.7 Å². The van der Waals surface area contributed by atoms with E-state index in [1.807, 2.05) is 0 Å². The van der Waals surface area contributed by atoms with Crippen molar-refractivity contribution in [1.29, 1.82) is 0 Å². The van der Waals surface area contributed by atoms with Gasteiger partial charge in [0.05, 0.1) is 11.4 Å². The van der Waals surface area contributed by atoms with Gasteiger partial charge in [0.1, 0.15) is 68.0 Å². The van der Waals surface area contributed by atoms with Crippen molar-refractivity contribution in [1.82, 2.24) is 0 Å². The highest BCUT2D eigenvalue weighted by atomic mass is 16.7. The maximum absolute atomic E-state index is 13.0. The van der Waals surface area contributed by atoms with Gasteiger partial charge in [-0.05, 0) is 54.1 Å². The molecule has 0 radical (unpaired) electrons. The third-order valence-electron chi connectivity index (χ3n) is 9.28. The zero-order valence-electron chi connectivity index (χ0n) is 38.1. The number of hydrogen-bond donors (Lipinski definition) is 1. The van der Waals surface area contributed by atoms with Crippen LogP contribution >= 0.6 is 0 Å². The Hall–Kier alpha value is -8.89. The zero-order chi connectivity index (χ0) is 50.7. The number of carbonyl (C=O) groups is 8. The van der Waals surface area contributed by atoms with Gasteiger partial charge in [-0.25, -0.2) is 0 Å². The average molecular weight is 975 g/mol. The molecule has 0 atom stereocenters. The lowest BCUT2D eigenvalue weighted by Crippen LogP contribution is -2.37. The summed E-state index contributed by atoms with van der Waals surface area (Å²) in [6, 6.07) is 20.0. The Balaban J connectivity index is 1.50. The van der Waals surface area contributed by atoms with E-state index in [4.69, 9.17) is 42.3 Å². The van der Waals surface area contributed by atoms with Crippen LogP contribution in [0.2, 0.25) is 0 Å². The normalized spacial score (nSPS) is 10.6. The number of carbonyl (C=O) groups excluding carboxylic acids is 7. The van der Waals surface area contributed by atoms with E-state index in [0.717, 1.165) is 25.7 Å². The number of carboxylic acids is 1. The maximum atomic E-state index is 13.0. The fourth-order valence-electron chi connectivity index (χ4n) is 6.38. The molecule has 0 amide bonds. The van der Waals surface area contributed by atoms with Crippen molar-refractivity contribution in [2.75, 3.05) is 76.4 Å². The van der Waals surface area contributed by atoms with Crippen LogP contribution in [0.25, 0.3) is 33.4 Å². The number of hydrogen-bond acceptors (Lipinski definition) is 22. The van der Waals surface area contributed by atoms with Gasteiger partial charge in [-0.2, -0.15) is 0 Å². The monoisotopic (exact) mass is 974 g/mol. The Morgan fingerprint density at radius 2 is 1.06 bits per heavy atom. The lowest BCUT2D eigenvalue weighted by atomic mass is 9.93. The number of nitrogens with zero attached hydrogens (tertiary/aromatic N) is 2. The summed E-state index contributed by atoms with van der Waals surface area (Å²) in [6.45, 7) is -0.948. The van der Waals surface area contributed by atoms with Crippen LogP contribution in [0.15, 0.2) is 88.1 Å². The molecule has 0 saturated heterocycles. The van der Waals surface area contributed by atoms with E-state index in [2.05, 4.69) is 9.47 Å². The van der Waals surface area contributed by atoms with Crippen molar-refractivity contribution in [3.05, 3.63) is 89.1 Å². The second-order valence-electron chi connectivity index (χ2n) is 14.5. The van der Waals surface area contributed by atoms with Crippen LogP contribution in [0.4, 0.5) is 11.4 Å². The third-order valence-corrected chi connectivity index (χ3v) is 9.28. The highest BCUT2D eigenvalue weighted by molar-refractivity contribution is 6.02. The Morgan fingerprint density at radius 1 is 0.529 bits per heavy atom. The van der Waals surface area contributed by atoms with E-state index in [0.29, 0.717) is 22.1 Å². The summed E-state index contributed by atoms with van der Waals surface area (Å²) in [5.41, 5.74) is 1.69. The van der Waals surface area contributed by atoms with Crippen LogP contribution in [-0.4, -0.2) is 119 Å². The van der Waals surface area contributed by atoms with E-state index in [-0.39, 0.29) is 65.4 Å². The van der Waals surface area contributed by atoms with E-state index in [1.165, 1.54) is 48.2 Å². The number of ether oxygens (including phenoxy) is 10. The van der Waals surface area contributed by atoms with Gasteiger partial charge < -0.3 is 66.7 Å². The van der Waals surface area contributed by atoms with Gasteiger partial charge in [0, 0.05) is 56.3 Å². The predicted molar refractivity (Wildman–Crippen MR) is 239 cm³/mol. The summed E-state index contributed by atoms with van der Waals surface area (Å²) in [5.74, 6) is -6.17. The standard InChI is InChI=1S/C47H46N2O21/c1-28(50)62-24-66-34-11-13-36-41(19-34)70-40-18-33(54)10-12-35(40)47(36)32-9-14-38(48(20-43(55)56)21-44(57)67-25-63-29(2)51)42(17-32)61-16-15-60-39-8-6-5-7-37(39)49(22-45(58)68-26-64-30(3)52)23-46(59)69-27-65-31(4)53/h5-14,17-19H,15-16,20-27H2,1-4H3,(H,55,56). The van der Waals surface area contributed by atoms with Gasteiger partial charge >= 0.3 is 47.8 Å². The number of benzene rings is 4. The fourth-order valence-corrected chi connectivity index (χ4v) is 6.38. The lowest BCUT2D eigenvalue weighted by molar-refractivity contribution is -0.167. The Bertz CT molecular complexity index is 2720. The molecule has 70 heavy (non-hydrogen) atoms. The molecule has 0 unspecified atom stereocenters. The molecule has 0 aromatic heterocycles. The highest BCUT2D eigenvalue weighted by Gasteiger charge is 2.25. The van der Waals surface area contributed by atoms with Gasteiger partial charge in [-0.3, -0.25) is 43.2 Å². The van der Waals surface area contributed by atoms with Crippen LogP contribution < -0.4 is 29.4 Å². The summed E-state index contributed by atoms with van der Waals surface area (Å²) in [5, 5.41) is 10.5. The number of carboxylic acid groups (broad SMARTS) is 1. The van der Waals surface area contributed by atoms with Gasteiger partial charge in [0.25, 0.3) is 0 Å². The first kappa shape index (κ1) is 52.1. The van der Waals surface area contributed by atoms with Crippen LogP contribution in [0.1, 0.15) is 27.7 Å². The minimum absolute atomic E-state index is 0.0278. The molecule has 370 valence electrons. The molecule has 3 aromatic carbocycles. The van der Waals surface area contributed by atoms with Crippen molar-refractivity contribution in [3.8, 4) is 39.7 Å². The topological polar surface area (TPSA) is 286 Å². The summed E-state index contributed by atoms with van der Waals surface area (Å²) in [4.78, 5) is 111. The number of anilines is 2. The van der Waals surface area contributed by atoms with Gasteiger partial charge in [0.2, 0.25) is 27.2 Å². The number of para-hydroxylation sites is 2. The molecule has 1 heterocycles. The Kier molecular flexibility index (Phi) is 18.8. The van der Waals surface area contributed by atoms with E-state index >= 15 is 0 Å². The van der Waals surface area contributed by atoms with E-state index in [9.17, 15) is 48.3 Å². The van der Waals surface area contributed by atoms with Crippen molar-refractivity contribution in [3.63, 3.8) is 0 Å². The van der Waals surface area contributed by atoms with Gasteiger partial charge in [-0.15, -0.1) is 0 Å². The molecule has 0 fully saturated rings. The molecular formula is C47H46N2O21. The maximum Gasteiger partial charge on any atom is 0.328 e. The smallest absolute Gasteiger partial charge is 0.328 e. The molecular weight excluding hydrogens is 929 g/mol. The molecule has 23 heteroatoms. The van der Waals surface area contributed by atoms with Crippen molar-refractivity contribution < 1.29 is 95.2 Å². The molecule has 23 nitrogen and oxygen atoms in total. The Morgan fingerprint density at radius 3 is 1.63 bits per heavy atom. The first-order chi connectivity index (χ1) is 33.5. The molecule has 2 aliphatic rings. The summed E-state index contributed by atoms with van der Waals surface area (Å²) < 4.78 is 58.0. The molecule has 1 N–H and O–H groups in total. The van der Waals surface area contributed by atoms with Crippen LogP contribution in [-0.2, 0) is 71.5 Å². The van der Waals surface area contributed by atoms with Crippen LogP contribution in [0.3, 0.4) is 0 Å². The third kappa shape index (κ3) is 15.9. The zero-order valence-corrected chi connectivity index (χ0v) is 38.1. The molecule has 5 rings (SSSR count). The molecule has 3 aromatic rings. The van der Waals surface area contributed by atoms with Crippen LogP contribution in [0, 0.1) is 0 Å². The Labute approximate surface area is 397 Å². The number of esters is 7. The predicted octanol–water partition coefficient (Wildman–Crippen LogP) is 3.81. The molecule has 0 saturated carbocycles. The summed E-state index contributed by atoms with van der Waals surface area (Å²) in [6.07, 6.45) is 0. The van der Waals surface area contributed by atoms with Crippen LogP contribution in [0.5, 0.6) is 17.2 Å². The summed E-state index contributed by atoms with van der Waals surface area (Å²) >= 11 is 0. The van der Waals surface area contributed by atoms with E-state index in [1.54, 1.807) is 42.5 Å². The second kappa shape index (κ2) is 25.3. The van der Waals surface area contributed by atoms with Crippen molar-refractivity contribution >= 4 is 70.1 Å². The van der Waals surface area contributed by atoms with Gasteiger partial charge in [0.15, 0.2) is 5.43 Å². The lowest BCUT2D eigenvalue weighted by Gasteiger charge is -2.26. The van der Waals surface area contributed by atoms with Gasteiger partial charge in [-0.1, -0.05) is 18.2 Å². The quantitative estimate of drug-likeness (QED) is 0.0286. The SMILES string of the molecule is CC(=O)OCOC(=O)CN(CC(=O)O)c1ccc(-c2c3ccc(=O)cc-3oc3cc(OCOC(C)=O)ccc23)cc1OCCOc1ccccc1N(CC(=O)OCOC(C)=O)CC(=O)OCOC(C)=O. The minimum Gasteiger partial charge on any atom is -0.488 e. The molecule has 0 bridgehead atoms. The largest absolute Gasteiger partial charge is 0.488 e. The highest BCUT2D eigenvalue weighted by Crippen LogP contribution is 2.43. The molecule has 0 spiro atoms. The summed E-state index contributed by atoms with van der Waals surface area (Å²) in [7, 11) is 0. The van der Waals surface area contributed by atoms with Crippen molar-refractivity contribution in [2.24, 2.45) is 0 Å². The number of rotatable bonds is 25. The first-order valence-corrected chi connectivity index (χ1v) is 20.8. The molecule has 1 aliphatic heterocycles. The number of aliphatic carboxylic acids is 1.